The molecule has 0 spiro atoms. The van der Waals surface area contributed by atoms with Gasteiger partial charge in [0.05, 0.1) is 0 Å². The summed E-state index contributed by atoms with van der Waals surface area (Å²) in [5, 5.41) is 6.17. The number of carbonyl (C=O) groups excluding carboxylic acids is 2. The van der Waals surface area contributed by atoms with Gasteiger partial charge < -0.3 is 10.6 Å². The Kier molecular flexibility index (Phi) is 6.48. The molecule has 6 heteroatoms. The number of benzene rings is 3. The number of hydrogen-bond donors (Lipinski definition) is 2. The van der Waals surface area contributed by atoms with Crippen molar-refractivity contribution in [3.05, 3.63) is 106 Å². The molecule has 0 unspecified atom stereocenters. The van der Waals surface area contributed by atoms with E-state index in [1.165, 1.54) is 0 Å². The van der Waals surface area contributed by atoms with E-state index in [2.05, 4.69) is 10.6 Å². The van der Waals surface area contributed by atoms with Crippen LogP contribution in [0.3, 0.4) is 0 Å². The van der Waals surface area contributed by atoms with Crippen molar-refractivity contribution in [1.82, 2.24) is 5.32 Å². The summed E-state index contributed by atoms with van der Waals surface area (Å²) >= 11 is 12.0. The number of anilines is 1. The molecule has 0 atom stereocenters. The number of halogens is 2. The molecule has 0 aliphatic rings. The van der Waals surface area contributed by atoms with Gasteiger partial charge in [-0.15, -0.1) is 0 Å². The molecule has 2 amide bonds. The van der Waals surface area contributed by atoms with Gasteiger partial charge in [0.25, 0.3) is 11.8 Å². The first-order valence-corrected chi connectivity index (χ1v) is 9.17. The summed E-state index contributed by atoms with van der Waals surface area (Å²) < 4.78 is 0. The van der Waals surface area contributed by atoms with E-state index >= 15 is 0 Å². The number of nitrogens with one attached hydrogen (secondary N) is 2. The van der Waals surface area contributed by atoms with Crippen molar-refractivity contribution in [2.24, 2.45) is 0 Å². The van der Waals surface area contributed by atoms with Crippen LogP contribution in [0.25, 0.3) is 6.08 Å². The largest absolute Gasteiger partial charge is 0.321 e. The normalized spacial score (nSPS) is 11.0. The Bertz CT molecular complexity index is 999. The molecule has 3 aromatic carbocycles. The molecule has 2 N–H and O–H groups in total. The molecule has 0 saturated heterocycles. The summed E-state index contributed by atoms with van der Waals surface area (Å²) in [5.41, 5.74) is 1.73. The van der Waals surface area contributed by atoms with Gasteiger partial charge in [0.15, 0.2) is 0 Å². The third kappa shape index (κ3) is 5.46. The standard InChI is InChI=1S/C22H16Cl2N2O2/c23-17-12-18(24)14-19(13-17)25-22(28)20(11-15-7-3-1-4-8-15)26-21(27)16-9-5-2-6-10-16/h1-14H,(H,25,28)(H,26,27)/b20-11-. The minimum Gasteiger partial charge on any atom is -0.321 e. The third-order valence-electron chi connectivity index (χ3n) is 3.76. The van der Waals surface area contributed by atoms with Crippen molar-refractivity contribution >= 4 is 46.8 Å². The number of carbonyl (C=O) groups is 2. The molecular weight excluding hydrogens is 395 g/mol. The second-order valence-corrected chi connectivity index (χ2v) is 6.77. The van der Waals surface area contributed by atoms with E-state index in [-0.39, 0.29) is 11.6 Å². The van der Waals surface area contributed by atoms with E-state index < -0.39 is 5.91 Å². The van der Waals surface area contributed by atoms with Crippen molar-refractivity contribution in [3.8, 4) is 0 Å². The molecule has 0 aliphatic carbocycles. The average Bonchev–Trinajstić information content (AvgIpc) is 2.68. The zero-order chi connectivity index (χ0) is 19.9. The summed E-state index contributed by atoms with van der Waals surface area (Å²) in [7, 11) is 0. The Morgan fingerprint density at radius 1 is 0.786 bits per heavy atom. The van der Waals surface area contributed by atoms with Gasteiger partial charge in [0.1, 0.15) is 5.70 Å². The molecule has 0 bridgehead atoms. The van der Waals surface area contributed by atoms with Gasteiger partial charge in [-0.2, -0.15) is 0 Å². The number of rotatable bonds is 5. The van der Waals surface area contributed by atoms with Gasteiger partial charge >= 0.3 is 0 Å². The quantitative estimate of drug-likeness (QED) is 0.552. The Labute approximate surface area is 172 Å². The molecule has 0 fully saturated rings. The SMILES string of the molecule is O=C(Nc1cc(Cl)cc(Cl)c1)/C(=C/c1ccccc1)NC(=O)c1ccccc1. The van der Waals surface area contributed by atoms with Crippen molar-refractivity contribution < 1.29 is 9.59 Å². The van der Waals surface area contributed by atoms with E-state index in [1.807, 2.05) is 36.4 Å². The fourth-order valence-corrected chi connectivity index (χ4v) is 3.01. The first-order valence-electron chi connectivity index (χ1n) is 8.42. The topological polar surface area (TPSA) is 58.2 Å². The molecule has 4 nitrogen and oxygen atoms in total. The lowest BCUT2D eigenvalue weighted by atomic mass is 10.1. The van der Waals surface area contributed by atoms with Crippen LogP contribution >= 0.6 is 23.2 Å². The van der Waals surface area contributed by atoms with Gasteiger partial charge in [-0.3, -0.25) is 9.59 Å². The zero-order valence-electron chi connectivity index (χ0n) is 14.7. The maximum absolute atomic E-state index is 12.8. The first kappa shape index (κ1) is 19.7. The van der Waals surface area contributed by atoms with Gasteiger partial charge in [0, 0.05) is 21.3 Å². The smallest absolute Gasteiger partial charge is 0.272 e. The molecule has 140 valence electrons. The van der Waals surface area contributed by atoms with Crippen LogP contribution in [-0.2, 0) is 4.79 Å². The molecule has 28 heavy (non-hydrogen) atoms. The van der Waals surface area contributed by atoms with Crippen molar-refractivity contribution in [1.29, 1.82) is 0 Å². The van der Waals surface area contributed by atoms with Gasteiger partial charge in [-0.05, 0) is 42.0 Å². The van der Waals surface area contributed by atoms with Gasteiger partial charge in [0.2, 0.25) is 0 Å². The third-order valence-corrected chi connectivity index (χ3v) is 4.20. The summed E-state index contributed by atoms with van der Waals surface area (Å²) in [5.74, 6) is -0.881. The highest BCUT2D eigenvalue weighted by molar-refractivity contribution is 6.35. The van der Waals surface area contributed by atoms with Crippen molar-refractivity contribution in [3.63, 3.8) is 0 Å². The Hall–Kier alpha value is -3.08. The fourth-order valence-electron chi connectivity index (χ4n) is 2.48. The first-order chi connectivity index (χ1) is 13.5. The lowest BCUT2D eigenvalue weighted by Crippen LogP contribution is -2.30. The summed E-state index contributed by atoms with van der Waals surface area (Å²) in [6, 6.07) is 22.6. The minimum absolute atomic E-state index is 0.0937. The van der Waals surface area contributed by atoms with E-state index in [1.54, 1.807) is 48.5 Å². The van der Waals surface area contributed by atoms with Gasteiger partial charge in [-0.1, -0.05) is 71.7 Å². The van der Waals surface area contributed by atoms with E-state index in [0.717, 1.165) is 5.56 Å². The molecule has 0 saturated carbocycles. The molecule has 0 aliphatic heterocycles. The minimum atomic E-state index is -0.494. The average molecular weight is 411 g/mol. The summed E-state index contributed by atoms with van der Waals surface area (Å²) in [6.07, 6.45) is 1.60. The summed E-state index contributed by atoms with van der Waals surface area (Å²) in [4.78, 5) is 25.4. The van der Waals surface area contributed by atoms with Crippen LogP contribution in [-0.4, -0.2) is 11.8 Å². The Morgan fingerprint density at radius 2 is 1.36 bits per heavy atom. The van der Waals surface area contributed by atoms with Crippen molar-refractivity contribution in [2.75, 3.05) is 5.32 Å². The van der Waals surface area contributed by atoms with E-state index in [4.69, 9.17) is 23.2 Å². The lowest BCUT2D eigenvalue weighted by Gasteiger charge is -2.12. The van der Waals surface area contributed by atoms with Crippen LogP contribution in [0.4, 0.5) is 5.69 Å². The highest BCUT2D eigenvalue weighted by atomic mass is 35.5. The highest BCUT2D eigenvalue weighted by Crippen LogP contribution is 2.23. The lowest BCUT2D eigenvalue weighted by molar-refractivity contribution is -0.113. The maximum atomic E-state index is 12.8. The molecular formula is C22H16Cl2N2O2. The Balaban J connectivity index is 1.88. The van der Waals surface area contributed by atoms with Gasteiger partial charge in [-0.25, -0.2) is 0 Å². The van der Waals surface area contributed by atoms with Crippen LogP contribution in [0.5, 0.6) is 0 Å². The maximum Gasteiger partial charge on any atom is 0.272 e. The number of hydrogen-bond acceptors (Lipinski definition) is 2. The molecule has 0 aromatic heterocycles. The monoisotopic (exact) mass is 410 g/mol. The van der Waals surface area contributed by atoms with E-state index in [9.17, 15) is 9.59 Å². The summed E-state index contributed by atoms with van der Waals surface area (Å²) in [6.45, 7) is 0. The van der Waals surface area contributed by atoms with Crippen molar-refractivity contribution in [2.45, 2.75) is 0 Å². The van der Waals surface area contributed by atoms with E-state index in [0.29, 0.717) is 21.3 Å². The second-order valence-electron chi connectivity index (χ2n) is 5.90. The van der Waals surface area contributed by atoms with Crippen LogP contribution in [0.2, 0.25) is 10.0 Å². The predicted molar refractivity (Wildman–Crippen MR) is 113 cm³/mol. The van der Waals surface area contributed by atoms with Crippen LogP contribution in [0, 0.1) is 0 Å². The second kappa shape index (κ2) is 9.22. The van der Waals surface area contributed by atoms with Crippen LogP contribution < -0.4 is 10.6 Å². The molecule has 0 radical (unpaired) electrons. The Morgan fingerprint density at radius 3 is 1.96 bits per heavy atom. The fraction of sp³-hybridized carbons (Fsp3) is 0. The van der Waals surface area contributed by atoms with Crippen LogP contribution in [0.15, 0.2) is 84.6 Å². The number of amides is 2. The molecule has 0 heterocycles. The van der Waals surface area contributed by atoms with Crippen LogP contribution in [0.1, 0.15) is 15.9 Å². The molecule has 3 aromatic rings. The zero-order valence-corrected chi connectivity index (χ0v) is 16.2. The molecule has 3 rings (SSSR count). The highest BCUT2D eigenvalue weighted by Gasteiger charge is 2.15. The predicted octanol–water partition coefficient (Wildman–Crippen LogP) is 5.40.